The first-order valence-corrected chi connectivity index (χ1v) is 8.28. The lowest BCUT2D eigenvalue weighted by Gasteiger charge is -2.32. The van der Waals surface area contributed by atoms with E-state index in [1.54, 1.807) is 23.6 Å². The molecule has 1 aliphatic rings. The van der Waals surface area contributed by atoms with Gasteiger partial charge in [-0.2, -0.15) is 0 Å². The maximum Gasteiger partial charge on any atom is 0.326 e. The quantitative estimate of drug-likeness (QED) is 0.869. The van der Waals surface area contributed by atoms with Gasteiger partial charge in [-0.25, -0.2) is 9.78 Å². The summed E-state index contributed by atoms with van der Waals surface area (Å²) in [7, 11) is 0. The molecule has 1 aliphatic heterocycles. The SMILES string of the molecule is CC(C)(C)c1ncc(C=CC(=O)N2CCCC[C@@H]2C(=O)O)s1. The maximum atomic E-state index is 12.2. The van der Waals surface area contributed by atoms with E-state index in [-0.39, 0.29) is 11.3 Å². The van der Waals surface area contributed by atoms with Crippen LogP contribution in [0.15, 0.2) is 12.3 Å². The van der Waals surface area contributed by atoms with Crippen LogP contribution in [0, 0.1) is 0 Å². The van der Waals surface area contributed by atoms with Crippen LogP contribution in [0.4, 0.5) is 0 Å². The van der Waals surface area contributed by atoms with Gasteiger partial charge in [0.25, 0.3) is 0 Å². The molecule has 0 unspecified atom stereocenters. The second kappa shape index (κ2) is 6.60. The molecule has 0 aliphatic carbocycles. The van der Waals surface area contributed by atoms with Crippen LogP contribution in [0.5, 0.6) is 0 Å². The molecule has 22 heavy (non-hydrogen) atoms. The molecule has 1 amide bonds. The van der Waals surface area contributed by atoms with Crippen molar-refractivity contribution in [2.75, 3.05) is 6.54 Å². The molecule has 0 bridgehead atoms. The highest BCUT2D eigenvalue weighted by Crippen LogP contribution is 2.27. The molecule has 1 aromatic heterocycles. The zero-order chi connectivity index (χ0) is 16.3. The van der Waals surface area contributed by atoms with E-state index in [2.05, 4.69) is 25.8 Å². The van der Waals surface area contributed by atoms with Gasteiger partial charge in [0.05, 0.1) is 5.01 Å². The zero-order valence-electron chi connectivity index (χ0n) is 13.2. The average Bonchev–Trinajstić information content (AvgIpc) is 2.93. The molecule has 0 saturated carbocycles. The summed E-state index contributed by atoms with van der Waals surface area (Å²) >= 11 is 1.55. The van der Waals surface area contributed by atoms with Crippen LogP contribution in [0.1, 0.15) is 49.9 Å². The molecule has 0 radical (unpaired) electrons. The van der Waals surface area contributed by atoms with Crippen molar-refractivity contribution in [2.24, 2.45) is 0 Å². The maximum absolute atomic E-state index is 12.2. The number of carboxylic acids is 1. The van der Waals surface area contributed by atoms with Crippen LogP contribution < -0.4 is 0 Å². The molecule has 1 atom stereocenters. The highest BCUT2D eigenvalue weighted by Gasteiger charge is 2.30. The Morgan fingerprint density at radius 1 is 1.41 bits per heavy atom. The highest BCUT2D eigenvalue weighted by atomic mass is 32.1. The number of piperidine rings is 1. The monoisotopic (exact) mass is 322 g/mol. The summed E-state index contributed by atoms with van der Waals surface area (Å²) < 4.78 is 0. The van der Waals surface area contributed by atoms with Crippen molar-refractivity contribution < 1.29 is 14.7 Å². The zero-order valence-corrected chi connectivity index (χ0v) is 14.0. The molecule has 5 nitrogen and oxygen atoms in total. The minimum Gasteiger partial charge on any atom is -0.480 e. The molecule has 120 valence electrons. The Hall–Kier alpha value is -1.69. The van der Waals surface area contributed by atoms with Crippen LogP contribution in [0.2, 0.25) is 0 Å². The summed E-state index contributed by atoms with van der Waals surface area (Å²) in [5, 5.41) is 10.2. The number of thiazole rings is 1. The van der Waals surface area contributed by atoms with Gasteiger partial charge in [-0.05, 0) is 25.3 Å². The summed E-state index contributed by atoms with van der Waals surface area (Å²) in [6.07, 6.45) is 7.18. The van der Waals surface area contributed by atoms with E-state index in [1.165, 1.54) is 11.0 Å². The predicted octanol–water partition coefficient (Wildman–Crippen LogP) is 2.92. The van der Waals surface area contributed by atoms with Crippen molar-refractivity contribution in [3.63, 3.8) is 0 Å². The Balaban J connectivity index is 2.07. The van der Waals surface area contributed by atoms with Crippen LogP contribution in [-0.4, -0.2) is 39.5 Å². The largest absolute Gasteiger partial charge is 0.480 e. The van der Waals surface area contributed by atoms with E-state index < -0.39 is 12.0 Å². The van der Waals surface area contributed by atoms with Crippen molar-refractivity contribution in [3.05, 3.63) is 22.2 Å². The van der Waals surface area contributed by atoms with E-state index in [0.717, 1.165) is 22.7 Å². The van der Waals surface area contributed by atoms with Gasteiger partial charge in [0.1, 0.15) is 6.04 Å². The highest BCUT2D eigenvalue weighted by molar-refractivity contribution is 7.12. The second-order valence-electron chi connectivity index (χ2n) is 6.53. The summed E-state index contributed by atoms with van der Waals surface area (Å²) in [5.41, 5.74) is -0.0119. The molecule has 2 rings (SSSR count). The van der Waals surface area contributed by atoms with Crippen LogP contribution >= 0.6 is 11.3 Å². The number of likely N-dealkylation sites (tertiary alicyclic amines) is 1. The second-order valence-corrected chi connectivity index (χ2v) is 7.59. The van der Waals surface area contributed by atoms with Crippen molar-refractivity contribution >= 4 is 29.3 Å². The Kier molecular flexibility index (Phi) is 5.01. The Morgan fingerprint density at radius 3 is 2.73 bits per heavy atom. The standard InChI is InChI=1S/C16H22N2O3S/c1-16(2,3)15-17-10-11(22-15)7-8-13(19)18-9-5-4-6-12(18)14(20)21/h7-8,10,12H,4-6,9H2,1-3H3,(H,20,21)/t12-/m1/s1. The number of carbonyl (C=O) groups excluding carboxylic acids is 1. The third-order valence-electron chi connectivity index (χ3n) is 3.63. The molecule has 1 saturated heterocycles. The summed E-state index contributed by atoms with van der Waals surface area (Å²) in [6, 6.07) is -0.697. The number of amides is 1. The third kappa shape index (κ3) is 3.94. The number of hydrogen-bond acceptors (Lipinski definition) is 4. The lowest BCUT2D eigenvalue weighted by molar-refractivity contribution is -0.150. The smallest absolute Gasteiger partial charge is 0.326 e. The molecule has 6 heteroatoms. The molecular weight excluding hydrogens is 300 g/mol. The van der Waals surface area contributed by atoms with Crippen molar-refractivity contribution in [1.29, 1.82) is 0 Å². The first-order chi connectivity index (χ1) is 10.3. The lowest BCUT2D eigenvalue weighted by Crippen LogP contribution is -2.47. The number of nitrogens with zero attached hydrogens (tertiary/aromatic N) is 2. The first-order valence-electron chi connectivity index (χ1n) is 7.47. The van der Waals surface area contributed by atoms with Crippen LogP contribution in [0.3, 0.4) is 0 Å². The number of hydrogen-bond donors (Lipinski definition) is 1. The van der Waals surface area contributed by atoms with Gasteiger partial charge < -0.3 is 10.0 Å². The van der Waals surface area contributed by atoms with E-state index >= 15 is 0 Å². The molecule has 0 aromatic carbocycles. The minimum absolute atomic E-state index is 0.0119. The molecule has 1 aromatic rings. The van der Waals surface area contributed by atoms with Gasteiger partial charge >= 0.3 is 5.97 Å². The fourth-order valence-electron chi connectivity index (χ4n) is 2.41. The van der Waals surface area contributed by atoms with Gasteiger partial charge in [0.2, 0.25) is 5.91 Å². The number of carboxylic acid groups (broad SMARTS) is 1. The molecule has 1 N–H and O–H groups in total. The Bertz CT molecular complexity index is 586. The number of rotatable bonds is 3. The van der Waals surface area contributed by atoms with Gasteiger partial charge in [0, 0.05) is 29.1 Å². The van der Waals surface area contributed by atoms with E-state index in [9.17, 15) is 14.7 Å². The normalized spacial score (nSPS) is 19.6. The molecule has 1 fully saturated rings. The topological polar surface area (TPSA) is 70.5 Å². The lowest BCUT2D eigenvalue weighted by atomic mass is 9.98. The van der Waals surface area contributed by atoms with E-state index in [1.807, 2.05) is 0 Å². The number of carbonyl (C=O) groups is 2. The molecular formula is C16H22N2O3S. The van der Waals surface area contributed by atoms with E-state index in [4.69, 9.17) is 0 Å². The summed E-state index contributed by atoms with van der Waals surface area (Å²) in [6.45, 7) is 6.79. The minimum atomic E-state index is -0.922. The third-order valence-corrected chi connectivity index (χ3v) is 5.01. The van der Waals surface area contributed by atoms with Crippen molar-refractivity contribution in [2.45, 2.75) is 51.5 Å². The van der Waals surface area contributed by atoms with Crippen LogP contribution in [0.25, 0.3) is 6.08 Å². The molecule has 0 spiro atoms. The van der Waals surface area contributed by atoms with Crippen LogP contribution in [-0.2, 0) is 15.0 Å². The number of aromatic nitrogens is 1. The van der Waals surface area contributed by atoms with Gasteiger partial charge in [0.15, 0.2) is 0 Å². The summed E-state index contributed by atoms with van der Waals surface area (Å²) in [4.78, 5) is 30.2. The first kappa shape index (κ1) is 16.7. The van der Waals surface area contributed by atoms with Crippen molar-refractivity contribution in [1.82, 2.24) is 9.88 Å². The number of aliphatic carboxylic acids is 1. The predicted molar refractivity (Wildman–Crippen MR) is 86.8 cm³/mol. The average molecular weight is 322 g/mol. The Morgan fingerprint density at radius 2 is 2.14 bits per heavy atom. The fourth-order valence-corrected chi connectivity index (χ4v) is 3.29. The summed E-state index contributed by atoms with van der Waals surface area (Å²) in [5.74, 6) is -1.16. The Labute approximate surface area is 134 Å². The van der Waals surface area contributed by atoms with Gasteiger partial charge in [-0.15, -0.1) is 11.3 Å². The van der Waals surface area contributed by atoms with E-state index in [0.29, 0.717) is 13.0 Å². The van der Waals surface area contributed by atoms with Gasteiger partial charge in [-0.1, -0.05) is 20.8 Å². The van der Waals surface area contributed by atoms with Crippen molar-refractivity contribution in [3.8, 4) is 0 Å². The molecule has 2 heterocycles. The van der Waals surface area contributed by atoms with Gasteiger partial charge in [-0.3, -0.25) is 4.79 Å². The fraction of sp³-hybridized carbons (Fsp3) is 0.562.